The summed E-state index contributed by atoms with van der Waals surface area (Å²) in [7, 11) is 0. The summed E-state index contributed by atoms with van der Waals surface area (Å²) in [5.74, 6) is -1.26. The molecule has 0 aromatic heterocycles. The second-order valence-electron chi connectivity index (χ2n) is 7.02. The van der Waals surface area contributed by atoms with E-state index in [-0.39, 0.29) is 56.4 Å². The number of hydrogen-bond donors (Lipinski definition) is 0. The van der Waals surface area contributed by atoms with Crippen LogP contribution < -0.4 is 24.8 Å². The van der Waals surface area contributed by atoms with Crippen molar-refractivity contribution < 1.29 is 60.6 Å². The Morgan fingerprint density at radius 1 is 0.742 bits per heavy atom. The van der Waals surface area contributed by atoms with E-state index in [1.165, 1.54) is 16.7 Å². The van der Waals surface area contributed by atoms with Crippen molar-refractivity contribution in [3.8, 4) is 0 Å². The van der Waals surface area contributed by atoms with Crippen molar-refractivity contribution in [1.29, 1.82) is 0 Å². The summed E-state index contributed by atoms with van der Waals surface area (Å²) in [6.07, 6.45) is 3.44. The number of allylic oxidation sites excluding steroid dienone is 4. The molecule has 2 N–H and O–H groups in total. The third-order valence-electron chi connectivity index (χ3n) is 4.63. The minimum absolute atomic E-state index is 0. The zero-order chi connectivity index (χ0) is 21.3. The van der Waals surface area contributed by atoms with E-state index < -0.39 is 11.8 Å². The molecule has 0 heterocycles. The number of rotatable bonds is 2. The minimum Gasteiger partial charge on any atom is -1.00 e. The van der Waals surface area contributed by atoms with Crippen LogP contribution in [0.25, 0.3) is 11.5 Å². The molecule has 2 aromatic carbocycles. The van der Waals surface area contributed by atoms with Crippen LogP contribution in [-0.4, -0.2) is 11.8 Å². The largest absolute Gasteiger partial charge is 2.00 e. The third kappa shape index (κ3) is 11.5. The number of nitrogens with one attached hydrogen (secondary N) is 2. The average molecular weight is 538 g/mol. The summed E-state index contributed by atoms with van der Waals surface area (Å²) >= 11 is 0. The van der Waals surface area contributed by atoms with Crippen LogP contribution >= 0.6 is 0 Å². The Kier molecular flexibility index (Phi) is 17.6. The smallest absolute Gasteiger partial charge is 1.00 e. The number of hydrogen-bond acceptors (Lipinski definition) is 2. The van der Waals surface area contributed by atoms with Crippen molar-refractivity contribution in [1.82, 2.24) is 0 Å². The first-order valence-corrected chi connectivity index (χ1v) is 8.98. The van der Waals surface area contributed by atoms with Crippen molar-refractivity contribution in [2.75, 3.05) is 0 Å². The summed E-state index contributed by atoms with van der Waals surface area (Å²) in [5, 5.41) is 0. The van der Waals surface area contributed by atoms with Crippen LogP contribution in [0.2, 0.25) is 0 Å². The van der Waals surface area contributed by atoms with Crippen LogP contribution in [-0.2, 0) is 26.2 Å². The Morgan fingerprint density at radius 2 is 1.06 bits per heavy atom. The molecule has 0 spiro atoms. The summed E-state index contributed by atoms with van der Waals surface area (Å²) < 4.78 is 0. The van der Waals surface area contributed by atoms with Gasteiger partial charge >= 0.3 is 26.2 Å². The van der Waals surface area contributed by atoms with E-state index in [0.717, 1.165) is 0 Å². The van der Waals surface area contributed by atoms with Crippen LogP contribution in [0.3, 0.4) is 0 Å². The van der Waals surface area contributed by atoms with E-state index in [1.54, 1.807) is 48.5 Å². The maximum atomic E-state index is 10.3. The molecule has 0 saturated heterocycles. The summed E-state index contributed by atoms with van der Waals surface area (Å²) in [6, 6.07) is 17.1. The first-order valence-electron chi connectivity index (χ1n) is 8.98. The number of carbonyl (C=O) groups is 2. The van der Waals surface area contributed by atoms with E-state index in [9.17, 15) is 9.59 Å². The second-order valence-corrected chi connectivity index (χ2v) is 7.02. The van der Waals surface area contributed by atoms with Gasteiger partial charge in [-0.2, -0.15) is 11.1 Å². The average Bonchev–Trinajstić information content (AvgIpc) is 2.85. The Morgan fingerprint density at radius 3 is 1.19 bits per heavy atom. The van der Waals surface area contributed by atoms with Gasteiger partial charge in [-0.1, -0.05) is 93.8 Å². The minimum atomic E-state index is -0.629. The van der Waals surface area contributed by atoms with E-state index in [2.05, 4.69) is 40.7 Å². The molecule has 0 atom stereocenters. The van der Waals surface area contributed by atoms with Gasteiger partial charge in [-0.05, 0) is 11.1 Å². The SMILES string of the molecule is CC1=[C-]C(C)(C)C(C)=C1C.[Cl-].[Cl-].[NH-]C(=O)c1ccccc1.[NH-]C(=O)c1ccccc1.[Zr+2]. The molecule has 1 aliphatic carbocycles. The zero-order valence-electron chi connectivity index (χ0n) is 18.3. The molecule has 3 rings (SSSR count). The quantitative estimate of drug-likeness (QED) is 0.533. The van der Waals surface area contributed by atoms with Crippen molar-refractivity contribution >= 4 is 11.8 Å². The van der Waals surface area contributed by atoms with Crippen LogP contribution in [0.1, 0.15) is 55.3 Å². The van der Waals surface area contributed by atoms with Crippen LogP contribution in [0.15, 0.2) is 77.4 Å². The first kappa shape index (κ1) is 33.9. The van der Waals surface area contributed by atoms with Gasteiger partial charge in [-0.3, -0.25) is 6.08 Å². The van der Waals surface area contributed by atoms with Gasteiger partial charge in [0, 0.05) is 0 Å². The molecule has 2 aromatic rings. The molecule has 0 saturated carbocycles. The van der Waals surface area contributed by atoms with Gasteiger partial charge in [0.1, 0.15) is 0 Å². The Labute approximate surface area is 217 Å². The van der Waals surface area contributed by atoms with Gasteiger partial charge in [0.25, 0.3) is 0 Å². The Balaban J connectivity index is -0.000000362. The fourth-order valence-corrected chi connectivity index (χ4v) is 2.59. The fourth-order valence-electron chi connectivity index (χ4n) is 2.59. The molecular formula is C24H27Cl2N2O2Zr-3. The number of benzene rings is 2. The molecule has 0 unspecified atom stereocenters. The summed E-state index contributed by atoms with van der Waals surface area (Å²) in [4.78, 5) is 20.6. The van der Waals surface area contributed by atoms with E-state index in [0.29, 0.717) is 11.1 Å². The molecule has 4 nitrogen and oxygen atoms in total. The fraction of sp³-hybridized carbons (Fsp3) is 0.250. The maximum absolute atomic E-state index is 10.3. The van der Waals surface area contributed by atoms with E-state index in [4.69, 9.17) is 11.5 Å². The first-order chi connectivity index (χ1) is 13.1. The monoisotopic (exact) mass is 535 g/mol. The molecule has 31 heavy (non-hydrogen) atoms. The molecule has 0 bridgehead atoms. The Hall–Kier alpha value is -1.68. The molecule has 1 aliphatic rings. The topological polar surface area (TPSA) is 81.7 Å². The number of halogens is 2. The van der Waals surface area contributed by atoms with Gasteiger partial charge in [0.05, 0.1) is 11.8 Å². The molecule has 0 radical (unpaired) electrons. The summed E-state index contributed by atoms with van der Waals surface area (Å²) in [5.41, 5.74) is 18.6. The third-order valence-corrected chi connectivity index (χ3v) is 4.63. The number of amides is 2. The van der Waals surface area contributed by atoms with E-state index >= 15 is 0 Å². The van der Waals surface area contributed by atoms with Crippen LogP contribution in [0.4, 0.5) is 0 Å². The molecule has 7 heteroatoms. The second kappa shape index (κ2) is 16.0. The van der Waals surface area contributed by atoms with Crippen molar-refractivity contribution in [3.05, 3.63) is 106 Å². The van der Waals surface area contributed by atoms with Crippen molar-refractivity contribution in [2.24, 2.45) is 5.41 Å². The van der Waals surface area contributed by atoms with Crippen LogP contribution in [0, 0.1) is 11.5 Å². The Bertz CT molecular complexity index is 831. The van der Waals surface area contributed by atoms with Gasteiger partial charge in [-0.15, -0.1) is 6.92 Å². The predicted octanol–water partition coefficient (Wildman–Crippen LogP) is 0.876. The molecule has 0 aliphatic heterocycles. The van der Waals surface area contributed by atoms with Crippen molar-refractivity contribution in [2.45, 2.75) is 34.6 Å². The normalized spacial score (nSPS) is 12.7. The van der Waals surface area contributed by atoms with Gasteiger partial charge in [0.15, 0.2) is 0 Å². The standard InChI is InChI=1S/C10H15.2C7H7NO.2ClH.Zr/c1-7-6-10(4,5)9(3)8(7)2;2*8-7(9)6-4-2-1-3-5-6;;;/h1-5H3;2*1-5H,(H2,8,9);2*1H;/q-1;;;;;+2/p-4. The summed E-state index contributed by atoms with van der Waals surface area (Å²) in [6.45, 7) is 10.9. The van der Waals surface area contributed by atoms with Crippen LogP contribution in [0.5, 0.6) is 0 Å². The van der Waals surface area contributed by atoms with Gasteiger partial charge in [-0.25, -0.2) is 5.57 Å². The predicted molar refractivity (Wildman–Crippen MR) is 115 cm³/mol. The van der Waals surface area contributed by atoms with E-state index in [1.807, 2.05) is 12.1 Å². The molecule has 166 valence electrons. The molecule has 0 fully saturated rings. The molecular weight excluding hydrogens is 510 g/mol. The van der Waals surface area contributed by atoms with Gasteiger partial charge < -0.3 is 45.9 Å². The maximum Gasteiger partial charge on any atom is 2.00 e. The zero-order valence-corrected chi connectivity index (χ0v) is 22.3. The van der Waals surface area contributed by atoms with Gasteiger partial charge in [0.2, 0.25) is 0 Å². The van der Waals surface area contributed by atoms with Crippen molar-refractivity contribution in [3.63, 3.8) is 0 Å². The number of carbonyl (C=O) groups excluding carboxylic acids is 2. The molecule has 2 amide bonds.